The molecule has 1 aliphatic rings. The maximum Gasteiger partial charge on any atom is 0.241 e. The molecule has 0 spiro atoms. The number of hydrogen-bond donors (Lipinski definition) is 2. The van der Waals surface area contributed by atoms with Crippen molar-refractivity contribution >= 4 is 22.4 Å². The smallest absolute Gasteiger partial charge is 0.241 e. The second-order valence-electron chi connectivity index (χ2n) is 5.12. The van der Waals surface area contributed by atoms with Gasteiger partial charge in [0.25, 0.3) is 0 Å². The summed E-state index contributed by atoms with van der Waals surface area (Å²) in [6.07, 6.45) is 1.59. The highest BCUT2D eigenvalue weighted by Gasteiger charge is 2.24. The molecule has 1 fully saturated rings. The Hall–Kier alpha value is -1.02. The number of piperidine rings is 1. The predicted octanol–water partition coefficient (Wildman–Crippen LogP) is 1.46. The molecule has 6 nitrogen and oxygen atoms in total. The molecule has 1 aromatic carbocycles. The molecule has 1 saturated heterocycles. The molecule has 0 bridgehead atoms. The van der Waals surface area contributed by atoms with Crippen LogP contribution in [-0.4, -0.2) is 41.8 Å². The molecule has 0 aliphatic carbocycles. The van der Waals surface area contributed by atoms with Gasteiger partial charge in [-0.3, -0.25) is 0 Å². The second-order valence-corrected chi connectivity index (χ2v) is 6.80. The molecule has 1 heterocycles. The molecule has 22 heavy (non-hydrogen) atoms. The highest BCUT2D eigenvalue weighted by atomic mass is 35.5. The Morgan fingerprint density at radius 3 is 2.23 bits per heavy atom. The van der Waals surface area contributed by atoms with Crippen LogP contribution in [0.4, 0.5) is 0 Å². The molecule has 0 saturated carbocycles. The van der Waals surface area contributed by atoms with Crippen molar-refractivity contribution in [2.24, 2.45) is 0 Å². The van der Waals surface area contributed by atoms with Crippen LogP contribution in [0.5, 0.6) is 11.5 Å². The molecular weight excluding hydrogens is 328 g/mol. The Bertz CT molecular complexity index is 601. The van der Waals surface area contributed by atoms with E-state index in [1.54, 1.807) is 13.0 Å². The van der Waals surface area contributed by atoms with Crippen molar-refractivity contribution in [2.75, 3.05) is 27.3 Å². The van der Waals surface area contributed by atoms with Crippen LogP contribution in [0.1, 0.15) is 18.4 Å². The summed E-state index contributed by atoms with van der Waals surface area (Å²) in [6.45, 7) is 3.41. The SMILES string of the molecule is COc1cc(C)c(S(=O)(=O)NC2CCNCC2)cc1OC.Cl. The van der Waals surface area contributed by atoms with Crippen LogP contribution in [0.25, 0.3) is 0 Å². The quantitative estimate of drug-likeness (QED) is 0.840. The fraction of sp³-hybridized carbons (Fsp3) is 0.571. The van der Waals surface area contributed by atoms with Gasteiger partial charge in [0.15, 0.2) is 11.5 Å². The topological polar surface area (TPSA) is 76.7 Å². The second kappa shape index (κ2) is 8.01. The number of methoxy groups -OCH3 is 2. The number of sulfonamides is 1. The molecule has 0 radical (unpaired) electrons. The Kier molecular flexibility index (Phi) is 6.93. The van der Waals surface area contributed by atoms with Gasteiger partial charge in [-0.2, -0.15) is 0 Å². The van der Waals surface area contributed by atoms with Crippen molar-refractivity contribution in [3.63, 3.8) is 0 Å². The molecule has 2 N–H and O–H groups in total. The zero-order chi connectivity index (χ0) is 15.5. The molecule has 2 rings (SSSR count). The van der Waals surface area contributed by atoms with Gasteiger partial charge in [0.1, 0.15) is 0 Å². The summed E-state index contributed by atoms with van der Waals surface area (Å²) >= 11 is 0. The third-order valence-corrected chi connectivity index (χ3v) is 5.29. The van der Waals surface area contributed by atoms with Crippen LogP contribution in [0.3, 0.4) is 0 Å². The lowest BCUT2D eigenvalue weighted by Crippen LogP contribution is -2.42. The maximum atomic E-state index is 12.6. The monoisotopic (exact) mass is 350 g/mol. The van der Waals surface area contributed by atoms with E-state index in [1.807, 2.05) is 0 Å². The Labute approximate surface area is 138 Å². The summed E-state index contributed by atoms with van der Waals surface area (Å²) in [7, 11) is -0.545. The number of hydrogen-bond acceptors (Lipinski definition) is 5. The molecule has 0 amide bonds. The lowest BCUT2D eigenvalue weighted by atomic mass is 10.1. The number of nitrogens with one attached hydrogen (secondary N) is 2. The van der Waals surface area contributed by atoms with Crippen molar-refractivity contribution in [1.82, 2.24) is 10.0 Å². The molecule has 0 atom stereocenters. The van der Waals surface area contributed by atoms with E-state index in [1.165, 1.54) is 20.3 Å². The average molecular weight is 351 g/mol. The Balaban J connectivity index is 0.00000242. The van der Waals surface area contributed by atoms with Gasteiger partial charge < -0.3 is 14.8 Å². The first-order chi connectivity index (χ1) is 9.97. The standard InChI is InChI=1S/C14H22N2O4S.ClH/c1-10-8-12(19-2)13(20-3)9-14(10)21(17,18)16-11-4-6-15-7-5-11;/h8-9,11,15-16H,4-7H2,1-3H3;1H. The summed E-state index contributed by atoms with van der Waals surface area (Å²) in [5.74, 6) is 0.935. The lowest BCUT2D eigenvalue weighted by Gasteiger charge is -2.24. The van der Waals surface area contributed by atoms with Gasteiger partial charge >= 0.3 is 0 Å². The first kappa shape index (κ1) is 19.0. The van der Waals surface area contributed by atoms with E-state index in [4.69, 9.17) is 9.47 Å². The highest BCUT2D eigenvalue weighted by Crippen LogP contribution is 2.32. The van der Waals surface area contributed by atoms with Gasteiger partial charge in [-0.1, -0.05) is 0 Å². The third kappa shape index (κ3) is 4.25. The molecule has 126 valence electrons. The van der Waals surface area contributed by atoms with Crippen molar-refractivity contribution in [3.8, 4) is 11.5 Å². The minimum atomic E-state index is -3.56. The maximum absolute atomic E-state index is 12.6. The van der Waals surface area contributed by atoms with Crippen LogP contribution >= 0.6 is 12.4 Å². The van der Waals surface area contributed by atoms with E-state index >= 15 is 0 Å². The fourth-order valence-corrected chi connectivity index (χ4v) is 4.02. The third-order valence-electron chi connectivity index (χ3n) is 3.63. The van der Waals surface area contributed by atoms with E-state index < -0.39 is 10.0 Å². The van der Waals surface area contributed by atoms with Crippen LogP contribution in [0, 0.1) is 6.92 Å². The zero-order valence-electron chi connectivity index (χ0n) is 13.0. The first-order valence-electron chi connectivity index (χ1n) is 6.93. The Morgan fingerprint density at radius 2 is 1.68 bits per heavy atom. The number of halogens is 1. The van der Waals surface area contributed by atoms with Gasteiger partial charge in [-0.05, 0) is 44.5 Å². The minimum Gasteiger partial charge on any atom is -0.493 e. The summed E-state index contributed by atoms with van der Waals surface area (Å²) in [5, 5.41) is 3.21. The summed E-state index contributed by atoms with van der Waals surface area (Å²) in [6, 6.07) is 3.16. The Morgan fingerprint density at radius 1 is 1.14 bits per heavy atom. The molecule has 8 heteroatoms. The predicted molar refractivity (Wildman–Crippen MR) is 87.7 cm³/mol. The van der Waals surface area contributed by atoms with Crippen molar-refractivity contribution in [2.45, 2.75) is 30.7 Å². The average Bonchev–Trinajstić information content (AvgIpc) is 2.47. The van der Waals surface area contributed by atoms with E-state index in [2.05, 4.69) is 10.0 Å². The molecule has 1 aromatic rings. The van der Waals surface area contributed by atoms with Crippen molar-refractivity contribution < 1.29 is 17.9 Å². The van der Waals surface area contributed by atoms with E-state index in [0.29, 0.717) is 17.1 Å². The number of aryl methyl sites for hydroxylation is 1. The van der Waals surface area contributed by atoms with Crippen LogP contribution < -0.4 is 19.5 Å². The molecular formula is C14H23ClN2O4S. The van der Waals surface area contributed by atoms with E-state index in [9.17, 15) is 8.42 Å². The zero-order valence-corrected chi connectivity index (χ0v) is 14.6. The summed E-state index contributed by atoms with van der Waals surface area (Å²) in [5.41, 5.74) is 0.633. The van der Waals surface area contributed by atoms with Gasteiger partial charge in [-0.25, -0.2) is 13.1 Å². The summed E-state index contributed by atoms with van der Waals surface area (Å²) < 4.78 is 38.3. The number of ether oxygens (including phenoxy) is 2. The molecule has 1 aliphatic heterocycles. The molecule has 0 unspecified atom stereocenters. The minimum absolute atomic E-state index is 0. The van der Waals surface area contributed by atoms with Crippen molar-refractivity contribution in [1.29, 1.82) is 0 Å². The van der Waals surface area contributed by atoms with Crippen LogP contribution in [0.15, 0.2) is 17.0 Å². The van der Waals surface area contributed by atoms with E-state index in [-0.39, 0.29) is 23.3 Å². The number of benzene rings is 1. The van der Waals surface area contributed by atoms with Gasteiger partial charge in [0.05, 0.1) is 19.1 Å². The summed E-state index contributed by atoms with van der Waals surface area (Å²) in [4.78, 5) is 0.235. The van der Waals surface area contributed by atoms with Gasteiger partial charge in [0, 0.05) is 12.1 Å². The normalized spacial score (nSPS) is 16.0. The van der Waals surface area contributed by atoms with Crippen LogP contribution in [0.2, 0.25) is 0 Å². The highest BCUT2D eigenvalue weighted by molar-refractivity contribution is 7.89. The fourth-order valence-electron chi connectivity index (χ4n) is 2.47. The van der Waals surface area contributed by atoms with Crippen molar-refractivity contribution in [3.05, 3.63) is 17.7 Å². The number of rotatable bonds is 5. The van der Waals surface area contributed by atoms with E-state index in [0.717, 1.165) is 25.9 Å². The first-order valence-corrected chi connectivity index (χ1v) is 8.42. The lowest BCUT2D eigenvalue weighted by molar-refractivity contribution is 0.353. The largest absolute Gasteiger partial charge is 0.493 e. The molecule has 0 aromatic heterocycles. The van der Waals surface area contributed by atoms with Gasteiger partial charge in [-0.15, -0.1) is 12.4 Å². The van der Waals surface area contributed by atoms with Gasteiger partial charge in [0.2, 0.25) is 10.0 Å². The van der Waals surface area contributed by atoms with Crippen LogP contribution in [-0.2, 0) is 10.0 Å².